The minimum atomic E-state index is -3.57. The van der Waals surface area contributed by atoms with E-state index in [1.807, 2.05) is 6.08 Å². The summed E-state index contributed by atoms with van der Waals surface area (Å²) in [5.41, 5.74) is 0. The Labute approximate surface area is 782 Å². The molecular weight excluding hydrogens is 1780 g/mol. The standard InChI is InChI=1S/C90H158N4O40/c1-5-7-9-11-13-15-17-19-20-21-22-23-24-25-26-28-30-32-34-36-38-40-63(108)93-53(54(104)39-37-35-33-31-29-27-18-16-14-12-10-8-6-2)50-123-84-74(116)73(115)78(62(48-100)127-84)129-85-75(117)81(69(111)58(44-96)124-85)130-83-67(92-52(4)103)72(114)77(61(47-99)126-83)128-86-76(118)82(70(112)59(45-97)125-86)134-90(88(121)122)42-56(106)66(94-64(109)49-101)80(133-90)71(113)60(46-98)131-89(87(119)120)41-55(105)65(91-51(3)102)79(132-89)68(110)57(107)43-95/h19-20,37,39,53-62,65-86,95-101,104-107,110-118H,5-18,21-36,38,40-50H2,1-4H3,(H,91,102)(H,92,103)(H,93,108)(H,94,109)(H,119,120)(H,121,122)/b20-19-,39-37+/t53-,54+,55?,56?,57+,58?,59?,60+,61?,62?,65+,66+,67?,68+,69-,70-,71+,72+,73+,74?,75?,76?,77+,78+,79?,80?,81-,82-,83-,84+,85-,86-,89+,90-/m0/s1. The van der Waals surface area contributed by atoms with Crippen LogP contribution in [0.25, 0.3) is 0 Å². The predicted molar refractivity (Wildman–Crippen MR) is 469 cm³/mol. The van der Waals surface area contributed by atoms with Gasteiger partial charge < -0.3 is 190 Å². The number of carbonyl (C=O) groups excluding carboxylic acids is 4. The van der Waals surface area contributed by atoms with Crippen LogP contribution in [0.4, 0.5) is 0 Å². The van der Waals surface area contributed by atoms with Crippen LogP contribution in [0.1, 0.15) is 246 Å². The molecule has 6 aliphatic rings. The van der Waals surface area contributed by atoms with Crippen LogP contribution >= 0.6 is 0 Å². The summed E-state index contributed by atoms with van der Waals surface area (Å²) in [4.78, 5) is 78.8. The summed E-state index contributed by atoms with van der Waals surface area (Å²) in [6, 6.07) is -7.04. The second kappa shape index (κ2) is 61.7. The number of carboxylic acids is 2. The number of ether oxygens (including phenoxy) is 12. The Morgan fingerprint density at radius 1 is 0.410 bits per heavy atom. The highest BCUT2D eigenvalue weighted by molar-refractivity contribution is 5.79. The maximum Gasteiger partial charge on any atom is 0.364 e. The molecule has 6 heterocycles. The summed E-state index contributed by atoms with van der Waals surface area (Å²) >= 11 is 0. The number of carboxylic acid groups (broad SMARTS) is 2. The second-order valence-corrected chi connectivity index (χ2v) is 36.0. The van der Waals surface area contributed by atoms with Crippen molar-refractivity contribution in [1.82, 2.24) is 21.3 Å². The molecule has 6 saturated heterocycles. The van der Waals surface area contributed by atoms with Crippen LogP contribution in [-0.2, 0) is 85.6 Å². The molecule has 0 spiro atoms. The van der Waals surface area contributed by atoms with Crippen LogP contribution in [-0.4, -0.2) is 408 Å². The van der Waals surface area contributed by atoms with Crippen molar-refractivity contribution in [2.45, 2.75) is 453 Å². The van der Waals surface area contributed by atoms with E-state index in [1.165, 1.54) is 122 Å². The molecule has 0 saturated carbocycles. The minimum Gasteiger partial charge on any atom is -0.477 e. The van der Waals surface area contributed by atoms with Crippen LogP contribution in [0, 0.1) is 0 Å². The number of carbonyl (C=O) groups is 6. The van der Waals surface area contributed by atoms with E-state index < -0.39 is 303 Å². The molecule has 34 atom stereocenters. The first kappa shape index (κ1) is 118. The Balaban J connectivity index is 1.13. The number of allylic oxidation sites excluding steroid dienone is 3. The van der Waals surface area contributed by atoms with E-state index >= 15 is 0 Å². The topological polar surface area (TPSA) is 706 Å². The fourth-order valence-electron chi connectivity index (χ4n) is 17.7. The molecule has 6 fully saturated rings. The van der Waals surface area contributed by atoms with E-state index in [9.17, 15) is 141 Å². The lowest BCUT2D eigenvalue weighted by atomic mass is 9.87. The third-order valence-electron chi connectivity index (χ3n) is 25.4. The van der Waals surface area contributed by atoms with E-state index in [0.29, 0.717) is 12.8 Å². The van der Waals surface area contributed by atoms with E-state index in [-0.39, 0.29) is 12.3 Å². The summed E-state index contributed by atoms with van der Waals surface area (Å²) in [6.07, 6.45) is -20.5. The Kier molecular flexibility index (Phi) is 54.2. The van der Waals surface area contributed by atoms with Crippen molar-refractivity contribution in [2.24, 2.45) is 0 Å². The van der Waals surface area contributed by atoms with Gasteiger partial charge in [0.25, 0.3) is 11.6 Å². The largest absolute Gasteiger partial charge is 0.477 e. The first-order valence-corrected chi connectivity index (χ1v) is 48.0. The van der Waals surface area contributed by atoms with E-state index in [1.54, 1.807) is 6.08 Å². The molecule has 134 heavy (non-hydrogen) atoms. The average molecular weight is 1940 g/mol. The SMILES string of the molecule is CCCCCCCC/C=C\CCCCCCCCCCCCCC(=O)N[C@@H](CO[C@@H]1OC(CO)[C@@H](O[C@@H]2OC(CO)[C@H](O)[C@H](O[C@@H]3OC(CO)[C@@H](O[C@@H]4OC(CO)[C@H](O)[C@H](O[C@]5(C(=O)O)CC(O)[C@@H](NC(=O)CO)C([C@H](O)[C@@H](CO)O[C@]6(C(=O)O)CC(O)[C@@H](NC(C)=O)C([C@H](O)[C@H](O)CO)O6)O5)C4O)[C@H](O)C3NC(C)=O)C2O)[C@H](O)C1O)[C@H](O)/C=C/CCCCCCCCCCCCC. The van der Waals surface area contributed by atoms with Gasteiger partial charge in [-0.25, -0.2) is 9.59 Å². The van der Waals surface area contributed by atoms with Crippen molar-refractivity contribution in [2.75, 3.05) is 52.9 Å². The zero-order valence-corrected chi connectivity index (χ0v) is 77.7. The fraction of sp³-hybridized carbons (Fsp3) is 0.889. The maximum atomic E-state index is 13.8. The van der Waals surface area contributed by atoms with E-state index in [0.717, 1.165) is 78.1 Å². The molecule has 0 aliphatic carbocycles. The minimum absolute atomic E-state index is 0.138. The third kappa shape index (κ3) is 35.6. The van der Waals surface area contributed by atoms with Gasteiger partial charge in [0.15, 0.2) is 25.2 Å². The van der Waals surface area contributed by atoms with Crippen molar-refractivity contribution >= 4 is 35.6 Å². The van der Waals surface area contributed by atoms with Gasteiger partial charge in [0.1, 0.15) is 141 Å². The Morgan fingerprint density at radius 2 is 0.813 bits per heavy atom. The van der Waals surface area contributed by atoms with Gasteiger partial charge in [0, 0.05) is 33.1 Å². The van der Waals surface area contributed by atoms with Crippen LogP contribution in [0.2, 0.25) is 0 Å². The average Bonchev–Trinajstić information content (AvgIpc) is 0.743. The monoisotopic (exact) mass is 1940 g/mol. The number of unbranched alkanes of at least 4 members (excludes halogenated alkanes) is 28. The van der Waals surface area contributed by atoms with E-state index in [2.05, 4.69) is 47.3 Å². The van der Waals surface area contributed by atoms with Gasteiger partial charge in [-0.1, -0.05) is 192 Å². The molecule has 0 aromatic heterocycles. The lowest BCUT2D eigenvalue weighted by Crippen LogP contribution is -2.72. The molecule has 26 N–H and O–H groups in total. The van der Waals surface area contributed by atoms with Crippen molar-refractivity contribution < 1.29 is 198 Å². The Bertz CT molecular complexity index is 3380. The summed E-state index contributed by atoms with van der Waals surface area (Å²) in [6.45, 7) is -2.91. The van der Waals surface area contributed by atoms with Gasteiger partial charge in [-0.3, -0.25) is 19.2 Å². The van der Waals surface area contributed by atoms with Gasteiger partial charge >= 0.3 is 11.9 Å². The highest BCUT2D eigenvalue weighted by atomic mass is 16.8. The van der Waals surface area contributed by atoms with E-state index in [4.69, 9.17) is 56.8 Å². The van der Waals surface area contributed by atoms with Gasteiger partial charge in [0.05, 0.1) is 82.7 Å². The quantitative estimate of drug-likeness (QED) is 0.0216. The number of hydrogen-bond donors (Lipinski definition) is 26. The number of aliphatic carboxylic acids is 2. The summed E-state index contributed by atoms with van der Waals surface area (Å²) < 4.78 is 70.5. The molecule has 12 unspecified atom stereocenters. The number of hydrogen-bond acceptors (Lipinski definition) is 38. The van der Waals surface area contributed by atoms with Gasteiger partial charge in [-0.05, 0) is 44.9 Å². The second-order valence-electron chi connectivity index (χ2n) is 36.0. The molecule has 0 aromatic rings. The van der Waals surface area contributed by atoms with Crippen molar-refractivity contribution in [1.29, 1.82) is 0 Å². The molecular formula is C90H158N4O40. The van der Waals surface area contributed by atoms with Crippen molar-refractivity contribution in [3.63, 3.8) is 0 Å². The highest BCUT2D eigenvalue weighted by Crippen LogP contribution is 2.42. The molecule has 6 rings (SSSR count). The molecule has 778 valence electrons. The number of aliphatic hydroxyl groups is 20. The number of nitrogens with one attached hydrogen (secondary N) is 4. The first-order chi connectivity index (χ1) is 64.1. The summed E-state index contributed by atoms with van der Waals surface area (Å²) in [5.74, 6) is -15.1. The first-order valence-electron chi connectivity index (χ1n) is 48.0. The molecule has 44 heteroatoms. The van der Waals surface area contributed by atoms with Crippen molar-refractivity contribution in [3.05, 3.63) is 24.3 Å². The van der Waals surface area contributed by atoms with Gasteiger partial charge in [0.2, 0.25) is 23.6 Å². The smallest absolute Gasteiger partial charge is 0.364 e. The fourth-order valence-corrected chi connectivity index (χ4v) is 17.7. The summed E-state index contributed by atoms with van der Waals surface area (Å²) in [5, 5.41) is 256. The van der Waals surface area contributed by atoms with Gasteiger partial charge in [-0.15, -0.1) is 0 Å². The highest BCUT2D eigenvalue weighted by Gasteiger charge is 2.64. The van der Waals surface area contributed by atoms with Crippen molar-refractivity contribution in [3.8, 4) is 0 Å². The molecule has 44 nitrogen and oxygen atoms in total. The lowest BCUT2D eigenvalue weighted by Gasteiger charge is -2.52. The Hall–Kier alpha value is -4.98. The number of aliphatic hydroxyl groups excluding tert-OH is 20. The molecule has 0 aromatic carbocycles. The summed E-state index contributed by atoms with van der Waals surface area (Å²) in [7, 11) is 0. The van der Waals surface area contributed by atoms with Crippen LogP contribution in [0.5, 0.6) is 0 Å². The molecule has 6 aliphatic heterocycles. The number of rotatable bonds is 65. The van der Waals surface area contributed by atoms with Crippen LogP contribution in [0.15, 0.2) is 24.3 Å². The lowest BCUT2D eigenvalue weighted by molar-refractivity contribution is -0.391. The maximum absolute atomic E-state index is 13.8. The zero-order valence-electron chi connectivity index (χ0n) is 77.7. The van der Waals surface area contributed by atoms with Crippen LogP contribution in [0.3, 0.4) is 0 Å². The number of amides is 4. The predicted octanol–water partition coefficient (Wildman–Crippen LogP) is -2.78. The molecule has 4 amide bonds. The normalized spacial score (nSPS) is 34.0. The third-order valence-corrected chi connectivity index (χ3v) is 25.4. The molecule has 0 radical (unpaired) electrons. The zero-order chi connectivity index (χ0) is 98.8. The Morgan fingerprint density at radius 3 is 1.28 bits per heavy atom. The van der Waals surface area contributed by atoms with Crippen LogP contribution < -0.4 is 21.3 Å². The molecule has 0 bridgehead atoms. The van der Waals surface area contributed by atoms with Gasteiger partial charge in [-0.2, -0.15) is 0 Å².